The summed E-state index contributed by atoms with van der Waals surface area (Å²) in [5.74, 6) is 1.14. The van der Waals surface area contributed by atoms with E-state index in [-0.39, 0.29) is 23.9 Å². The van der Waals surface area contributed by atoms with Crippen LogP contribution in [0.3, 0.4) is 0 Å². The molecule has 0 radical (unpaired) electrons. The van der Waals surface area contributed by atoms with Gasteiger partial charge in [-0.2, -0.15) is 29.9 Å². The molecular formula is C29H36N10O4. The number of aliphatic hydroxyl groups is 2. The van der Waals surface area contributed by atoms with Crippen molar-refractivity contribution in [2.75, 3.05) is 55.1 Å². The molecule has 2 heterocycles. The van der Waals surface area contributed by atoms with Crippen LogP contribution in [0.2, 0.25) is 0 Å². The Morgan fingerprint density at radius 2 is 1.23 bits per heavy atom. The van der Waals surface area contributed by atoms with Gasteiger partial charge >= 0.3 is 12.0 Å². The molecule has 0 aliphatic heterocycles. The summed E-state index contributed by atoms with van der Waals surface area (Å²) in [6.07, 6.45) is 5.07. The van der Waals surface area contributed by atoms with Gasteiger partial charge in [0.1, 0.15) is 13.5 Å². The Morgan fingerprint density at radius 1 is 0.721 bits per heavy atom. The molecule has 0 amide bonds. The molecule has 0 aliphatic rings. The van der Waals surface area contributed by atoms with Crippen molar-refractivity contribution in [2.45, 2.75) is 27.2 Å². The summed E-state index contributed by atoms with van der Waals surface area (Å²) >= 11 is 0. The van der Waals surface area contributed by atoms with Crippen LogP contribution in [-0.4, -0.2) is 74.3 Å². The predicted molar refractivity (Wildman–Crippen MR) is 166 cm³/mol. The normalized spacial score (nSPS) is 11.0. The van der Waals surface area contributed by atoms with E-state index < -0.39 is 13.5 Å². The molecule has 0 fully saturated rings. The minimum absolute atomic E-state index is 0.0500. The summed E-state index contributed by atoms with van der Waals surface area (Å²) in [4.78, 5) is 26.7. The van der Waals surface area contributed by atoms with Crippen molar-refractivity contribution in [3.8, 4) is 12.0 Å². The molecule has 4 rings (SSSR count). The lowest BCUT2D eigenvalue weighted by Crippen LogP contribution is -2.27. The number of hydrogen-bond donors (Lipinski definition) is 5. The predicted octanol–water partition coefficient (Wildman–Crippen LogP) is 3.88. The average Bonchev–Trinajstić information content (AvgIpc) is 3.00. The molecule has 2 aromatic carbocycles. The summed E-state index contributed by atoms with van der Waals surface area (Å²) < 4.78 is 10.4. The second kappa shape index (κ2) is 14.7. The summed E-state index contributed by atoms with van der Waals surface area (Å²) in [6.45, 7) is 5.94. The zero-order valence-corrected chi connectivity index (χ0v) is 24.8. The van der Waals surface area contributed by atoms with E-state index in [1.54, 1.807) is 0 Å². The van der Waals surface area contributed by atoms with E-state index in [0.717, 1.165) is 51.5 Å². The molecular weight excluding hydrogens is 552 g/mol. The van der Waals surface area contributed by atoms with Crippen LogP contribution in [0, 0.1) is 13.8 Å². The second-order valence-electron chi connectivity index (χ2n) is 9.39. The number of aliphatic hydroxyl groups excluding tert-OH is 2. The highest BCUT2D eigenvalue weighted by Gasteiger charge is 2.13. The van der Waals surface area contributed by atoms with Crippen LogP contribution in [0.25, 0.3) is 12.2 Å². The minimum Gasteiger partial charge on any atom is -0.467 e. The lowest BCUT2D eigenvalue weighted by atomic mass is 10.0. The molecule has 43 heavy (non-hydrogen) atoms. The van der Waals surface area contributed by atoms with Crippen molar-refractivity contribution in [3.63, 3.8) is 0 Å². The molecule has 0 saturated carbocycles. The van der Waals surface area contributed by atoms with Crippen molar-refractivity contribution < 1.29 is 19.7 Å². The second-order valence-corrected chi connectivity index (χ2v) is 9.39. The SMILES string of the molecule is CCCNc1nc(Nc2ccc(C=Cc3ccc(Nc4nc(OC)nc(N(CO)CO)n4)cc3C)c(C)c2)nc(OC)n1. The van der Waals surface area contributed by atoms with Crippen molar-refractivity contribution in [2.24, 2.45) is 0 Å². The first-order chi connectivity index (χ1) is 20.8. The Hall–Kier alpha value is -5.08. The third-order valence-corrected chi connectivity index (χ3v) is 6.23. The maximum absolute atomic E-state index is 9.45. The highest BCUT2D eigenvalue weighted by atomic mass is 16.5. The highest BCUT2D eigenvalue weighted by molar-refractivity contribution is 5.75. The number of ether oxygens (including phenoxy) is 2. The lowest BCUT2D eigenvalue weighted by Gasteiger charge is -2.17. The molecule has 14 heteroatoms. The number of hydrogen-bond acceptors (Lipinski definition) is 14. The third kappa shape index (κ3) is 8.24. The quantitative estimate of drug-likeness (QED) is 0.106. The molecule has 5 N–H and O–H groups in total. The van der Waals surface area contributed by atoms with E-state index in [1.165, 1.54) is 14.2 Å². The molecule has 226 valence electrons. The fourth-order valence-electron chi connectivity index (χ4n) is 3.94. The Balaban J connectivity index is 1.46. The van der Waals surface area contributed by atoms with Gasteiger partial charge in [0.2, 0.25) is 23.8 Å². The molecule has 0 bridgehead atoms. The molecule has 0 atom stereocenters. The standard InChI is InChI=1S/C29H36N10O4/c1-6-13-30-24-33-25(36-28(35-24)42-4)31-22-11-9-20(18(2)14-22)7-8-21-10-12-23(15-19(21)3)32-26-34-27(39(16-40)17-41)38-29(37-26)43-5/h7-12,14-15,40-41H,6,13,16-17H2,1-5H3,(H,32,34,37,38)(H2,30,31,33,35,36). The number of methoxy groups -OCH3 is 2. The number of aryl methyl sites for hydroxylation is 2. The number of rotatable bonds is 14. The Labute approximate surface area is 249 Å². The zero-order valence-electron chi connectivity index (χ0n) is 24.8. The topological polar surface area (TPSA) is 176 Å². The van der Waals surface area contributed by atoms with Crippen molar-refractivity contribution in [3.05, 3.63) is 58.7 Å². The third-order valence-electron chi connectivity index (χ3n) is 6.23. The lowest BCUT2D eigenvalue weighted by molar-refractivity contribution is 0.220. The molecule has 2 aromatic heterocycles. The van der Waals surface area contributed by atoms with Gasteiger partial charge in [-0.1, -0.05) is 31.2 Å². The van der Waals surface area contributed by atoms with Gasteiger partial charge in [0, 0.05) is 17.9 Å². The van der Waals surface area contributed by atoms with Crippen LogP contribution < -0.4 is 30.3 Å². The van der Waals surface area contributed by atoms with Crippen LogP contribution in [0.4, 0.5) is 35.2 Å². The van der Waals surface area contributed by atoms with Crippen molar-refractivity contribution in [1.82, 2.24) is 29.9 Å². The summed E-state index contributed by atoms with van der Waals surface area (Å²) in [5.41, 5.74) is 5.80. The first kappa shape index (κ1) is 30.9. The van der Waals surface area contributed by atoms with Gasteiger partial charge in [-0.3, -0.25) is 4.90 Å². The van der Waals surface area contributed by atoms with Crippen LogP contribution in [-0.2, 0) is 0 Å². The number of benzene rings is 2. The maximum Gasteiger partial charge on any atom is 0.322 e. The first-order valence-electron chi connectivity index (χ1n) is 13.6. The van der Waals surface area contributed by atoms with Gasteiger partial charge < -0.3 is 35.6 Å². The van der Waals surface area contributed by atoms with Gasteiger partial charge in [-0.25, -0.2) is 0 Å². The van der Waals surface area contributed by atoms with Crippen LogP contribution >= 0.6 is 0 Å². The smallest absolute Gasteiger partial charge is 0.322 e. The molecule has 0 aliphatic carbocycles. The fourth-order valence-corrected chi connectivity index (χ4v) is 3.94. The number of nitrogens with zero attached hydrogens (tertiary/aromatic N) is 7. The number of aromatic nitrogens is 6. The van der Waals surface area contributed by atoms with Gasteiger partial charge in [0.15, 0.2) is 0 Å². The van der Waals surface area contributed by atoms with E-state index in [0.29, 0.717) is 11.9 Å². The van der Waals surface area contributed by atoms with Crippen LogP contribution in [0.5, 0.6) is 12.0 Å². The van der Waals surface area contributed by atoms with Crippen LogP contribution in [0.15, 0.2) is 36.4 Å². The number of anilines is 6. The van der Waals surface area contributed by atoms with E-state index in [2.05, 4.69) is 64.9 Å². The minimum atomic E-state index is -0.464. The first-order valence-corrected chi connectivity index (χ1v) is 13.6. The van der Waals surface area contributed by atoms with Crippen LogP contribution in [0.1, 0.15) is 35.6 Å². The van der Waals surface area contributed by atoms with Gasteiger partial charge in [0.05, 0.1) is 14.2 Å². The van der Waals surface area contributed by atoms with Gasteiger partial charge in [-0.15, -0.1) is 0 Å². The van der Waals surface area contributed by atoms with Crippen molar-refractivity contribution >= 4 is 47.3 Å². The summed E-state index contributed by atoms with van der Waals surface area (Å²) in [7, 11) is 2.95. The van der Waals surface area contributed by atoms with Gasteiger partial charge in [0.25, 0.3) is 0 Å². The van der Waals surface area contributed by atoms with Gasteiger partial charge in [-0.05, 0) is 66.8 Å². The summed E-state index contributed by atoms with van der Waals surface area (Å²) in [6, 6.07) is 12.2. The number of nitrogens with one attached hydrogen (secondary N) is 3. The monoisotopic (exact) mass is 588 g/mol. The fraction of sp³-hybridized carbons (Fsp3) is 0.310. The summed E-state index contributed by atoms with van der Waals surface area (Å²) in [5, 5.41) is 28.4. The maximum atomic E-state index is 9.45. The van der Waals surface area contributed by atoms with E-state index in [4.69, 9.17) is 9.47 Å². The van der Waals surface area contributed by atoms with E-state index in [1.807, 2.05) is 50.2 Å². The Kier molecular flexibility index (Phi) is 10.6. The Bertz CT molecular complexity index is 1560. The Morgan fingerprint density at radius 3 is 1.72 bits per heavy atom. The molecule has 14 nitrogen and oxygen atoms in total. The van der Waals surface area contributed by atoms with E-state index in [9.17, 15) is 10.2 Å². The molecule has 0 saturated heterocycles. The van der Waals surface area contributed by atoms with Crippen molar-refractivity contribution in [1.29, 1.82) is 0 Å². The molecule has 0 spiro atoms. The largest absolute Gasteiger partial charge is 0.467 e. The zero-order chi connectivity index (χ0) is 30.8. The van der Waals surface area contributed by atoms with E-state index >= 15 is 0 Å². The molecule has 0 unspecified atom stereocenters. The average molecular weight is 589 g/mol. The highest BCUT2D eigenvalue weighted by Crippen LogP contribution is 2.24. The molecule has 4 aromatic rings.